The van der Waals surface area contributed by atoms with Crippen molar-refractivity contribution in [2.45, 2.75) is 12.0 Å². The average molecular weight is 402 g/mol. The third-order valence-electron chi connectivity index (χ3n) is 6.30. The van der Waals surface area contributed by atoms with Crippen LogP contribution in [0.1, 0.15) is 11.5 Å². The van der Waals surface area contributed by atoms with Gasteiger partial charge in [-0.1, -0.05) is 42.5 Å². The molecule has 0 spiro atoms. The Labute approximate surface area is 177 Å². The molecule has 2 aromatic carbocycles. The molecule has 3 aliphatic rings. The molecule has 30 heavy (non-hydrogen) atoms. The Morgan fingerprint density at radius 2 is 1.80 bits per heavy atom. The molecule has 3 atom stereocenters. The first kappa shape index (κ1) is 18.8. The maximum Gasteiger partial charge on any atom is 0.231 e. The van der Waals surface area contributed by atoms with E-state index in [1.807, 2.05) is 53.5 Å². The molecule has 5 nitrogen and oxygen atoms in total. The standard InChI is InChI=1S/C25H26N2O3/c1-29-19-8-6-7-18(17-19)26-13-15-27(16-14-26)25(28)24-20-9-2-4-11-22(20)30-23-12-5-3-10-21(23)24/h2-12,17,20,22,24H,13-16H2,1H3. The minimum atomic E-state index is -0.204. The fourth-order valence-corrected chi connectivity index (χ4v) is 4.71. The van der Waals surface area contributed by atoms with E-state index < -0.39 is 0 Å². The molecule has 0 saturated carbocycles. The lowest BCUT2D eigenvalue weighted by atomic mass is 9.77. The number of para-hydroxylation sites is 1. The van der Waals surface area contributed by atoms with Gasteiger partial charge in [0.05, 0.1) is 13.0 Å². The van der Waals surface area contributed by atoms with Crippen LogP contribution in [0.25, 0.3) is 0 Å². The normalized spacial score (nSPS) is 24.6. The molecule has 3 unspecified atom stereocenters. The Morgan fingerprint density at radius 3 is 2.63 bits per heavy atom. The molecule has 0 bridgehead atoms. The van der Waals surface area contributed by atoms with E-state index in [2.05, 4.69) is 29.2 Å². The first-order chi connectivity index (χ1) is 14.7. The van der Waals surface area contributed by atoms with Crippen molar-refractivity contribution >= 4 is 11.6 Å². The molecule has 0 aromatic heterocycles. The van der Waals surface area contributed by atoms with Crippen molar-refractivity contribution in [2.75, 3.05) is 38.2 Å². The summed E-state index contributed by atoms with van der Waals surface area (Å²) in [6.07, 6.45) is 8.12. The van der Waals surface area contributed by atoms with E-state index in [4.69, 9.17) is 9.47 Å². The summed E-state index contributed by atoms with van der Waals surface area (Å²) in [5.74, 6) is 1.71. The Bertz CT molecular complexity index is 991. The number of nitrogens with zero attached hydrogens (tertiary/aromatic N) is 2. The highest BCUT2D eigenvalue weighted by Crippen LogP contribution is 2.43. The topological polar surface area (TPSA) is 42.0 Å². The zero-order chi connectivity index (χ0) is 20.5. The number of carbonyl (C=O) groups is 1. The Morgan fingerprint density at radius 1 is 1.00 bits per heavy atom. The number of rotatable bonds is 3. The molecule has 0 N–H and O–H groups in total. The van der Waals surface area contributed by atoms with Crippen LogP contribution in [0.3, 0.4) is 0 Å². The zero-order valence-corrected chi connectivity index (χ0v) is 17.1. The molecule has 2 aliphatic heterocycles. The van der Waals surface area contributed by atoms with Crippen molar-refractivity contribution in [1.82, 2.24) is 4.90 Å². The molecule has 1 aliphatic carbocycles. The number of methoxy groups -OCH3 is 1. The molecule has 5 rings (SSSR count). The van der Waals surface area contributed by atoms with Gasteiger partial charge in [0.1, 0.15) is 17.6 Å². The van der Waals surface area contributed by atoms with Gasteiger partial charge >= 0.3 is 0 Å². The molecule has 1 saturated heterocycles. The van der Waals surface area contributed by atoms with E-state index in [1.54, 1.807) is 7.11 Å². The number of benzene rings is 2. The van der Waals surface area contributed by atoms with Gasteiger partial charge in [0.2, 0.25) is 5.91 Å². The molecular formula is C25H26N2O3. The second-order valence-corrected chi connectivity index (χ2v) is 7.96. The molecule has 1 amide bonds. The lowest BCUT2D eigenvalue weighted by molar-refractivity contribution is -0.135. The number of hydrogen-bond acceptors (Lipinski definition) is 4. The maximum absolute atomic E-state index is 13.7. The lowest BCUT2D eigenvalue weighted by Gasteiger charge is -2.42. The number of ether oxygens (including phenoxy) is 2. The number of hydrogen-bond donors (Lipinski definition) is 0. The van der Waals surface area contributed by atoms with Crippen LogP contribution in [0, 0.1) is 5.92 Å². The fourth-order valence-electron chi connectivity index (χ4n) is 4.71. The minimum absolute atomic E-state index is 0.0359. The van der Waals surface area contributed by atoms with Gasteiger partial charge in [-0.05, 0) is 24.3 Å². The smallest absolute Gasteiger partial charge is 0.231 e. The number of fused-ring (bicyclic) bond motifs is 2. The summed E-state index contributed by atoms with van der Waals surface area (Å²) in [5, 5.41) is 0. The van der Waals surface area contributed by atoms with Crippen LogP contribution in [-0.4, -0.2) is 50.2 Å². The van der Waals surface area contributed by atoms with Crippen LogP contribution in [0.15, 0.2) is 72.8 Å². The molecule has 2 heterocycles. The maximum atomic E-state index is 13.7. The predicted octanol–water partition coefficient (Wildman–Crippen LogP) is 3.63. The molecule has 154 valence electrons. The van der Waals surface area contributed by atoms with E-state index in [-0.39, 0.29) is 23.8 Å². The highest BCUT2D eigenvalue weighted by atomic mass is 16.5. The van der Waals surface area contributed by atoms with Crippen molar-refractivity contribution in [3.8, 4) is 11.5 Å². The summed E-state index contributed by atoms with van der Waals surface area (Å²) in [7, 11) is 1.68. The van der Waals surface area contributed by atoms with Crippen molar-refractivity contribution in [3.63, 3.8) is 0 Å². The van der Waals surface area contributed by atoms with Crippen LogP contribution in [0.4, 0.5) is 5.69 Å². The molecule has 0 radical (unpaired) electrons. The predicted molar refractivity (Wildman–Crippen MR) is 117 cm³/mol. The summed E-state index contributed by atoms with van der Waals surface area (Å²) in [6, 6.07) is 16.1. The van der Waals surface area contributed by atoms with Gasteiger partial charge in [-0.2, -0.15) is 0 Å². The highest BCUT2D eigenvalue weighted by molar-refractivity contribution is 5.86. The number of amides is 1. The summed E-state index contributed by atoms with van der Waals surface area (Å²) in [6.45, 7) is 3.06. The number of allylic oxidation sites excluding steroid dienone is 2. The monoisotopic (exact) mass is 402 g/mol. The van der Waals surface area contributed by atoms with Gasteiger partial charge in [0, 0.05) is 49.4 Å². The van der Waals surface area contributed by atoms with Crippen molar-refractivity contribution in [1.29, 1.82) is 0 Å². The third kappa shape index (κ3) is 3.34. The average Bonchev–Trinajstić information content (AvgIpc) is 2.82. The highest BCUT2D eigenvalue weighted by Gasteiger charge is 2.42. The summed E-state index contributed by atoms with van der Waals surface area (Å²) < 4.78 is 11.5. The number of piperazine rings is 1. The molecule has 1 fully saturated rings. The zero-order valence-electron chi connectivity index (χ0n) is 17.1. The number of carbonyl (C=O) groups excluding carboxylic acids is 1. The van der Waals surface area contributed by atoms with E-state index in [0.29, 0.717) is 13.1 Å². The molecule has 2 aromatic rings. The van der Waals surface area contributed by atoms with Gasteiger partial charge < -0.3 is 19.3 Å². The van der Waals surface area contributed by atoms with Crippen LogP contribution in [0.2, 0.25) is 0 Å². The van der Waals surface area contributed by atoms with Gasteiger partial charge in [-0.3, -0.25) is 4.79 Å². The Kier molecular flexibility index (Phi) is 4.95. The third-order valence-corrected chi connectivity index (χ3v) is 6.30. The van der Waals surface area contributed by atoms with Crippen LogP contribution in [0.5, 0.6) is 11.5 Å². The van der Waals surface area contributed by atoms with Crippen LogP contribution < -0.4 is 14.4 Å². The summed E-state index contributed by atoms with van der Waals surface area (Å²) >= 11 is 0. The van der Waals surface area contributed by atoms with Crippen molar-refractivity contribution < 1.29 is 14.3 Å². The first-order valence-corrected chi connectivity index (χ1v) is 10.5. The van der Waals surface area contributed by atoms with E-state index in [0.717, 1.165) is 35.8 Å². The lowest BCUT2D eigenvalue weighted by Crippen LogP contribution is -2.52. The van der Waals surface area contributed by atoms with Crippen LogP contribution in [-0.2, 0) is 4.79 Å². The van der Waals surface area contributed by atoms with Gasteiger partial charge in [-0.25, -0.2) is 0 Å². The quantitative estimate of drug-likeness (QED) is 0.786. The van der Waals surface area contributed by atoms with Gasteiger partial charge in [0.25, 0.3) is 0 Å². The SMILES string of the molecule is COc1cccc(N2CCN(C(=O)C3c4ccccc4OC4C=CC=CC43)CC2)c1. The largest absolute Gasteiger partial charge is 0.497 e. The second-order valence-electron chi connectivity index (χ2n) is 7.96. The fraction of sp³-hybridized carbons (Fsp3) is 0.320. The second kappa shape index (κ2) is 7.90. The van der Waals surface area contributed by atoms with Gasteiger partial charge in [-0.15, -0.1) is 0 Å². The summed E-state index contributed by atoms with van der Waals surface area (Å²) in [4.78, 5) is 18.0. The first-order valence-electron chi connectivity index (χ1n) is 10.5. The van der Waals surface area contributed by atoms with E-state index in [9.17, 15) is 4.79 Å². The van der Waals surface area contributed by atoms with Gasteiger partial charge in [0.15, 0.2) is 0 Å². The van der Waals surface area contributed by atoms with Crippen molar-refractivity contribution in [2.24, 2.45) is 5.92 Å². The van der Waals surface area contributed by atoms with E-state index >= 15 is 0 Å². The minimum Gasteiger partial charge on any atom is -0.497 e. The summed E-state index contributed by atoms with van der Waals surface area (Å²) in [5.41, 5.74) is 2.14. The Hall–Kier alpha value is -3.21. The Balaban J connectivity index is 1.35. The molecule has 5 heteroatoms. The molecular weight excluding hydrogens is 376 g/mol. The number of anilines is 1. The van der Waals surface area contributed by atoms with Crippen LogP contribution >= 0.6 is 0 Å². The van der Waals surface area contributed by atoms with Crippen molar-refractivity contribution in [3.05, 3.63) is 78.4 Å². The van der Waals surface area contributed by atoms with E-state index in [1.165, 1.54) is 0 Å².